The van der Waals surface area contributed by atoms with Crippen LogP contribution in [0, 0.1) is 6.92 Å². The highest BCUT2D eigenvalue weighted by Crippen LogP contribution is 2.08. The summed E-state index contributed by atoms with van der Waals surface area (Å²) in [5.41, 5.74) is 2.64. The molecule has 0 amide bonds. The summed E-state index contributed by atoms with van der Waals surface area (Å²) >= 11 is 0. The van der Waals surface area contributed by atoms with E-state index in [1.165, 1.54) is 11.3 Å². The molecule has 0 fully saturated rings. The van der Waals surface area contributed by atoms with Crippen LogP contribution in [0.2, 0.25) is 0 Å². The van der Waals surface area contributed by atoms with Crippen LogP contribution >= 0.6 is 0 Å². The van der Waals surface area contributed by atoms with E-state index in [9.17, 15) is 0 Å². The minimum Gasteiger partial charge on any atom is -0.331 e. The summed E-state index contributed by atoms with van der Waals surface area (Å²) < 4.78 is 2.31. The van der Waals surface area contributed by atoms with Gasteiger partial charge in [0.15, 0.2) is 0 Å². The molecule has 1 aromatic heterocycles. The number of imidazole rings is 1. The van der Waals surface area contributed by atoms with Gasteiger partial charge in [-0.2, -0.15) is 0 Å². The van der Waals surface area contributed by atoms with Crippen LogP contribution in [0.1, 0.15) is 30.9 Å². The lowest BCUT2D eigenvalue weighted by Crippen LogP contribution is -2.23. The van der Waals surface area contributed by atoms with Gasteiger partial charge in [0.25, 0.3) is 0 Å². The maximum atomic E-state index is 4.43. The number of aromatic nitrogens is 2. The Labute approximate surface area is 115 Å². The van der Waals surface area contributed by atoms with E-state index < -0.39 is 0 Å². The van der Waals surface area contributed by atoms with Gasteiger partial charge in [-0.25, -0.2) is 4.98 Å². The van der Waals surface area contributed by atoms with Gasteiger partial charge in [-0.05, 0) is 18.9 Å². The van der Waals surface area contributed by atoms with Gasteiger partial charge in [-0.3, -0.25) is 0 Å². The summed E-state index contributed by atoms with van der Waals surface area (Å²) in [5.74, 6) is 1.09. The fourth-order valence-corrected chi connectivity index (χ4v) is 2.16. The van der Waals surface area contributed by atoms with Gasteiger partial charge in [0.2, 0.25) is 0 Å². The smallest absolute Gasteiger partial charge is 0.105 e. The Kier molecular flexibility index (Phi) is 4.74. The minimum absolute atomic E-state index is 0.498. The minimum atomic E-state index is 0.498. The van der Waals surface area contributed by atoms with E-state index in [0.717, 1.165) is 25.3 Å². The molecule has 19 heavy (non-hydrogen) atoms. The van der Waals surface area contributed by atoms with Gasteiger partial charge in [-0.15, -0.1) is 0 Å². The Morgan fingerprint density at radius 1 is 1.21 bits per heavy atom. The molecule has 2 rings (SSSR count). The lowest BCUT2D eigenvalue weighted by atomic mass is 10.1. The van der Waals surface area contributed by atoms with Crippen molar-refractivity contribution in [2.75, 3.05) is 0 Å². The average molecular weight is 257 g/mol. The van der Waals surface area contributed by atoms with Gasteiger partial charge in [-0.1, -0.05) is 44.2 Å². The molecule has 0 atom stereocenters. The van der Waals surface area contributed by atoms with Crippen molar-refractivity contribution in [1.82, 2.24) is 14.9 Å². The van der Waals surface area contributed by atoms with Crippen molar-refractivity contribution in [3.63, 3.8) is 0 Å². The molecule has 0 aliphatic carbocycles. The van der Waals surface area contributed by atoms with Crippen LogP contribution in [0.4, 0.5) is 0 Å². The molecule has 1 heterocycles. The molecule has 0 radical (unpaired) electrons. The predicted molar refractivity (Wildman–Crippen MR) is 79.1 cm³/mol. The number of nitrogens with one attached hydrogen (secondary N) is 1. The third kappa shape index (κ3) is 3.93. The lowest BCUT2D eigenvalue weighted by molar-refractivity contribution is 0.550. The number of benzene rings is 1. The van der Waals surface area contributed by atoms with Gasteiger partial charge in [0.1, 0.15) is 5.82 Å². The Bertz CT molecular complexity index is 500. The molecular weight excluding hydrogens is 234 g/mol. The quantitative estimate of drug-likeness (QED) is 0.862. The standard InChI is InChI=1S/C16H23N3/c1-13(2)17-11-16-12-18-14(3)19(16)10-9-15-7-5-4-6-8-15/h4-8,12-13,17H,9-11H2,1-3H3. The number of nitrogens with zero attached hydrogens (tertiary/aromatic N) is 2. The molecule has 0 aliphatic heterocycles. The molecule has 0 spiro atoms. The second-order valence-electron chi connectivity index (χ2n) is 5.22. The normalized spacial score (nSPS) is 11.2. The SMILES string of the molecule is Cc1ncc(CNC(C)C)n1CCc1ccccc1. The zero-order valence-corrected chi connectivity index (χ0v) is 12.1. The summed E-state index contributed by atoms with van der Waals surface area (Å²) in [6.45, 7) is 8.27. The van der Waals surface area contributed by atoms with Gasteiger partial charge < -0.3 is 9.88 Å². The van der Waals surface area contributed by atoms with Gasteiger partial charge >= 0.3 is 0 Å². The molecule has 2 aromatic rings. The van der Waals surface area contributed by atoms with E-state index >= 15 is 0 Å². The molecule has 102 valence electrons. The Balaban J connectivity index is 2.01. The third-order valence-electron chi connectivity index (χ3n) is 3.30. The molecular formula is C16H23N3. The lowest BCUT2D eigenvalue weighted by Gasteiger charge is -2.12. The van der Waals surface area contributed by atoms with E-state index in [1.807, 2.05) is 6.20 Å². The molecule has 0 unspecified atom stereocenters. The van der Waals surface area contributed by atoms with Crippen molar-refractivity contribution in [2.45, 2.75) is 46.3 Å². The first-order valence-corrected chi connectivity index (χ1v) is 6.95. The summed E-state index contributed by atoms with van der Waals surface area (Å²) in [5, 5.41) is 3.45. The number of aryl methyl sites for hydroxylation is 2. The van der Waals surface area contributed by atoms with Crippen LogP contribution < -0.4 is 5.32 Å². The summed E-state index contributed by atoms with van der Waals surface area (Å²) in [7, 11) is 0. The highest BCUT2D eigenvalue weighted by molar-refractivity contribution is 5.15. The molecule has 0 saturated heterocycles. The summed E-state index contributed by atoms with van der Waals surface area (Å²) in [6.07, 6.45) is 3.03. The first-order valence-electron chi connectivity index (χ1n) is 6.95. The van der Waals surface area contributed by atoms with E-state index in [-0.39, 0.29) is 0 Å². The van der Waals surface area contributed by atoms with Gasteiger partial charge in [0, 0.05) is 25.3 Å². The topological polar surface area (TPSA) is 29.9 Å². The second-order valence-corrected chi connectivity index (χ2v) is 5.22. The summed E-state index contributed by atoms with van der Waals surface area (Å²) in [4.78, 5) is 4.43. The molecule has 0 bridgehead atoms. The zero-order chi connectivity index (χ0) is 13.7. The first-order chi connectivity index (χ1) is 9.16. The first kappa shape index (κ1) is 13.8. The fraction of sp³-hybridized carbons (Fsp3) is 0.438. The zero-order valence-electron chi connectivity index (χ0n) is 12.1. The van der Waals surface area contributed by atoms with E-state index in [1.54, 1.807) is 0 Å². The summed E-state index contributed by atoms with van der Waals surface area (Å²) in [6, 6.07) is 11.1. The Morgan fingerprint density at radius 2 is 1.95 bits per heavy atom. The van der Waals surface area contributed by atoms with E-state index in [2.05, 4.69) is 66.0 Å². The van der Waals surface area contributed by atoms with E-state index in [0.29, 0.717) is 6.04 Å². The van der Waals surface area contributed by atoms with Gasteiger partial charge in [0.05, 0.1) is 5.69 Å². The van der Waals surface area contributed by atoms with Crippen LogP contribution in [-0.4, -0.2) is 15.6 Å². The monoisotopic (exact) mass is 257 g/mol. The number of hydrogen-bond acceptors (Lipinski definition) is 2. The third-order valence-corrected chi connectivity index (χ3v) is 3.30. The van der Waals surface area contributed by atoms with Crippen LogP contribution in [0.5, 0.6) is 0 Å². The molecule has 3 heteroatoms. The Morgan fingerprint density at radius 3 is 2.63 bits per heavy atom. The maximum absolute atomic E-state index is 4.43. The highest BCUT2D eigenvalue weighted by Gasteiger charge is 2.07. The molecule has 0 saturated carbocycles. The average Bonchev–Trinajstić information content (AvgIpc) is 2.76. The van der Waals surface area contributed by atoms with Crippen LogP contribution in [0.25, 0.3) is 0 Å². The van der Waals surface area contributed by atoms with Crippen molar-refractivity contribution in [3.8, 4) is 0 Å². The number of hydrogen-bond donors (Lipinski definition) is 1. The molecule has 1 N–H and O–H groups in total. The molecule has 1 aromatic carbocycles. The molecule has 3 nitrogen and oxygen atoms in total. The van der Waals surface area contributed by atoms with Crippen molar-refractivity contribution in [2.24, 2.45) is 0 Å². The van der Waals surface area contributed by atoms with Crippen molar-refractivity contribution < 1.29 is 0 Å². The van der Waals surface area contributed by atoms with Crippen molar-refractivity contribution >= 4 is 0 Å². The molecule has 0 aliphatic rings. The van der Waals surface area contributed by atoms with Crippen LogP contribution in [0.3, 0.4) is 0 Å². The van der Waals surface area contributed by atoms with Crippen LogP contribution in [-0.2, 0) is 19.5 Å². The fourth-order valence-electron chi connectivity index (χ4n) is 2.16. The highest BCUT2D eigenvalue weighted by atomic mass is 15.1. The Hall–Kier alpha value is -1.61. The predicted octanol–water partition coefficient (Wildman–Crippen LogP) is 2.93. The second kappa shape index (κ2) is 6.53. The van der Waals surface area contributed by atoms with E-state index in [4.69, 9.17) is 0 Å². The largest absolute Gasteiger partial charge is 0.331 e. The van der Waals surface area contributed by atoms with Crippen LogP contribution in [0.15, 0.2) is 36.5 Å². The van der Waals surface area contributed by atoms with Crippen molar-refractivity contribution in [3.05, 3.63) is 53.6 Å². The number of rotatable bonds is 6. The maximum Gasteiger partial charge on any atom is 0.105 e. The van der Waals surface area contributed by atoms with Crippen molar-refractivity contribution in [1.29, 1.82) is 0 Å².